The molecule has 230 valence electrons. The number of rotatable bonds is 10. The Bertz CT molecular complexity index is 1570. The second kappa shape index (κ2) is 13.7. The molecule has 0 spiro atoms. The number of carbonyl (C=O) groups is 3. The second-order valence-electron chi connectivity index (χ2n) is 10.3. The molecule has 44 heavy (non-hydrogen) atoms. The summed E-state index contributed by atoms with van der Waals surface area (Å²) in [7, 11) is 0. The van der Waals surface area contributed by atoms with E-state index in [0.717, 1.165) is 0 Å². The molecule has 0 radical (unpaired) electrons. The molecular weight excluding hydrogens is 613 g/mol. The van der Waals surface area contributed by atoms with Crippen LogP contribution in [-0.4, -0.2) is 62.5 Å². The number of nitro groups is 1. The first-order valence-electron chi connectivity index (χ1n) is 13.4. The van der Waals surface area contributed by atoms with Gasteiger partial charge in [-0.05, 0) is 68.8 Å². The topological polar surface area (TPSA) is 161 Å². The highest BCUT2D eigenvalue weighted by Gasteiger charge is 2.55. The normalized spacial score (nSPS) is 15.8. The lowest BCUT2D eigenvalue weighted by Crippen LogP contribution is -2.58. The Labute approximate surface area is 262 Å². The summed E-state index contributed by atoms with van der Waals surface area (Å²) in [6.45, 7) is 3.52. The maximum Gasteiger partial charge on any atom is 0.347 e. The number of hydrogen-bond acceptors (Lipinski definition) is 7. The van der Waals surface area contributed by atoms with E-state index in [1.165, 1.54) is 34.2 Å². The largest absolute Gasteiger partial charge is 0.347 e. The third-order valence-corrected chi connectivity index (χ3v) is 7.42. The van der Waals surface area contributed by atoms with Gasteiger partial charge >= 0.3 is 12.1 Å². The van der Waals surface area contributed by atoms with Gasteiger partial charge in [0.15, 0.2) is 6.17 Å². The van der Waals surface area contributed by atoms with E-state index in [0.29, 0.717) is 32.0 Å². The van der Waals surface area contributed by atoms with Crippen LogP contribution in [0.15, 0.2) is 77.9 Å². The monoisotopic (exact) mass is 641 g/mol. The van der Waals surface area contributed by atoms with Gasteiger partial charge in [-0.15, -0.1) is 0 Å². The minimum absolute atomic E-state index is 0.00234. The van der Waals surface area contributed by atoms with E-state index in [9.17, 15) is 29.7 Å². The number of carbonyl (C=O) groups excluding carboxylic acids is 3. The van der Waals surface area contributed by atoms with Crippen molar-refractivity contribution in [1.29, 1.82) is 0 Å². The van der Waals surface area contributed by atoms with Crippen molar-refractivity contribution in [1.82, 2.24) is 15.4 Å². The van der Waals surface area contributed by atoms with Crippen LogP contribution in [0.1, 0.15) is 32.3 Å². The Morgan fingerprint density at radius 1 is 1.09 bits per heavy atom. The number of hydroxylamine groups is 2. The number of anilines is 2. The summed E-state index contributed by atoms with van der Waals surface area (Å²) < 4.78 is 0. The highest BCUT2D eigenvalue weighted by molar-refractivity contribution is 6.31. The number of benzene rings is 3. The lowest BCUT2D eigenvalue weighted by atomic mass is 9.99. The Morgan fingerprint density at radius 3 is 2.36 bits per heavy atom. The van der Waals surface area contributed by atoms with Crippen LogP contribution < -0.4 is 15.6 Å². The molecular formula is C29H29Cl2N7O6. The average Bonchev–Trinajstić information content (AvgIpc) is 3.18. The summed E-state index contributed by atoms with van der Waals surface area (Å²) in [5.74, 6) is -0.437. The minimum Gasteiger partial charge on any atom is -0.315 e. The fraction of sp³-hybridized carbons (Fsp3) is 0.241. The minimum atomic E-state index is -1.17. The summed E-state index contributed by atoms with van der Waals surface area (Å²) in [6.07, 6.45) is 0.350. The Hall–Kier alpha value is -4.72. The van der Waals surface area contributed by atoms with Crippen molar-refractivity contribution < 1.29 is 24.5 Å². The lowest BCUT2D eigenvalue weighted by molar-refractivity contribution is -0.384. The molecule has 0 bridgehead atoms. The Balaban J connectivity index is 1.45. The molecule has 3 N–H and O–H groups in total. The van der Waals surface area contributed by atoms with Crippen molar-refractivity contribution in [3.63, 3.8) is 0 Å². The van der Waals surface area contributed by atoms with Crippen molar-refractivity contribution in [2.45, 2.75) is 38.4 Å². The lowest BCUT2D eigenvalue weighted by Gasteiger charge is -2.38. The first-order valence-corrected chi connectivity index (χ1v) is 14.1. The summed E-state index contributed by atoms with van der Waals surface area (Å²) in [5, 5.41) is 29.9. The van der Waals surface area contributed by atoms with Gasteiger partial charge in [-0.1, -0.05) is 35.3 Å². The van der Waals surface area contributed by atoms with Crippen LogP contribution >= 0.6 is 23.2 Å². The maximum atomic E-state index is 13.8. The number of nitro benzene ring substituents is 1. The number of urea groups is 2. The number of amides is 5. The van der Waals surface area contributed by atoms with Crippen LogP contribution in [-0.2, 0) is 4.79 Å². The van der Waals surface area contributed by atoms with Crippen LogP contribution in [0.5, 0.6) is 0 Å². The van der Waals surface area contributed by atoms with Crippen LogP contribution in [0.25, 0.3) is 0 Å². The number of hydrazone groups is 1. The molecule has 1 saturated heterocycles. The van der Waals surface area contributed by atoms with Crippen LogP contribution in [0.4, 0.5) is 26.7 Å². The molecule has 1 heterocycles. The van der Waals surface area contributed by atoms with Gasteiger partial charge in [-0.25, -0.2) is 15.0 Å². The van der Waals surface area contributed by atoms with Gasteiger partial charge in [-0.2, -0.15) is 10.2 Å². The van der Waals surface area contributed by atoms with E-state index in [-0.39, 0.29) is 25.1 Å². The second-order valence-corrected chi connectivity index (χ2v) is 11.2. The summed E-state index contributed by atoms with van der Waals surface area (Å²) >= 11 is 12.0. The van der Waals surface area contributed by atoms with Crippen LogP contribution in [0.2, 0.25) is 10.0 Å². The first-order chi connectivity index (χ1) is 20.9. The molecule has 4 rings (SSSR count). The standard InChI is InChI=1S/C29H29Cl2N7O6/c1-29(2)26(37(42)27(40)33-22-12-8-20(30)9-13-22)36(23-14-10-21(31)11-15-23)28(41)35(29)16-4-7-25(39)34-32-18-19-5-3-6-24(17-19)38(43)44/h3,5-6,8-15,17-18,26,42H,4,7,16H2,1-2H3,(H,33,40)(H,34,39)/b32-18+/t26-/m0/s1. The van der Waals surface area contributed by atoms with Crippen molar-refractivity contribution in [2.75, 3.05) is 16.8 Å². The number of nitrogens with zero attached hydrogens (tertiary/aromatic N) is 5. The molecule has 0 aliphatic carbocycles. The van der Waals surface area contributed by atoms with Crippen molar-refractivity contribution in [2.24, 2.45) is 5.10 Å². The van der Waals surface area contributed by atoms with E-state index in [1.807, 2.05) is 0 Å². The third-order valence-electron chi connectivity index (χ3n) is 6.92. The van der Waals surface area contributed by atoms with Crippen LogP contribution in [0.3, 0.4) is 0 Å². The zero-order valence-electron chi connectivity index (χ0n) is 23.7. The van der Waals surface area contributed by atoms with Crippen molar-refractivity contribution >= 4 is 64.4 Å². The van der Waals surface area contributed by atoms with E-state index in [2.05, 4.69) is 15.8 Å². The van der Waals surface area contributed by atoms with Gasteiger partial charge < -0.3 is 10.2 Å². The SMILES string of the molecule is CC1(C)[C@H](N(O)C(=O)Nc2ccc(Cl)cc2)N(c2ccc(Cl)cc2)C(=O)N1CCCC(=O)N/N=C/c1cccc([N+](=O)[O-])c1. The third kappa shape index (κ3) is 7.43. The van der Waals surface area contributed by atoms with Crippen molar-refractivity contribution in [3.05, 3.63) is 98.5 Å². The molecule has 13 nitrogen and oxygen atoms in total. The van der Waals surface area contributed by atoms with Gasteiger partial charge in [0.25, 0.3) is 5.69 Å². The zero-order valence-corrected chi connectivity index (χ0v) is 25.2. The fourth-order valence-electron chi connectivity index (χ4n) is 4.76. The highest BCUT2D eigenvalue weighted by atomic mass is 35.5. The molecule has 1 aliphatic heterocycles. The van der Waals surface area contributed by atoms with Gasteiger partial charge in [0.05, 0.1) is 16.7 Å². The maximum absolute atomic E-state index is 13.8. The van der Waals surface area contributed by atoms with Gasteiger partial charge in [0.1, 0.15) is 0 Å². The molecule has 3 aromatic carbocycles. The van der Waals surface area contributed by atoms with Gasteiger partial charge in [0.2, 0.25) is 5.91 Å². The number of halogens is 2. The Morgan fingerprint density at radius 2 is 1.73 bits per heavy atom. The first kappa shape index (κ1) is 32.2. The summed E-state index contributed by atoms with van der Waals surface area (Å²) in [6, 6.07) is 17.1. The summed E-state index contributed by atoms with van der Waals surface area (Å²) in [4.78, 5) is 52.5. The quantitative estimate of drug-likeness (QED) is 0.105. The molecule has 15 heteroatoms. The Kier molecular flexibility index (Phi) is 10.0. The molecule has 5 amide bonds. The molecule has 1 fully saturated rings. The van der Waals surface area contributed by atoms with Gasteiger partial charge in [-0.3, -0.25) is 25.0 Å². The smallest absolute Gasteiger partial charge is 0.315 e. The van der Waals surface area contributed by atoms with E-state index < -0.39 is 34.6 Å². The molecule has 1 atom stereocenters. The van der Waals surface area contributed by atoms with E-state index in [1.54, 1.807) is 68.4 Å². The zero-order chi connectivity index (χ0) is 32.0. The average molecular weight is 643 g/mol. The van der Waals surface area contributed by atoms with E-state index >= 15 is 0 Å². The molecule has 3 aromatic rings. The van der Waals surface area contributed by atoms with Crippen LogP contribution in [0, 0.1) is 10.1 Å². The predicted octanol–water partition coefficient (Wildman–Crippen LogP) is 6.10. The number of nitrogens with one attached hydrogen (secondary N) is 2. The molecule has 0 aromatic heterocycles. The van der Waals surface area contributed by atoms with Crippen molar-refractivity contribution in [3.8, 4) is 0 Å². The predicted molar refractivity (Wildman–Crippen MR) is 166 cm³/mol. The number of non-ortho nitro benzene ring substituents is 1. The number of hydrogen-bond donors (Lipinski definition) is 3. The molecule has 1 aliphatic rings. The fourth-order valence-corrected chi connectivity index (χ4v) is 5.01. The summed E-state index contributed by atoms with van der Waals surface area (Å²) in [5.41, 5.74) is 2.36. The van der Waals surface area contributed by atoms with Gasteiger partial charge in [0, 0.05) is 52.1 Å². The van der Waals surface area contributed by atoms with E-state index in [4.69, 9.17) is 23.2 Å². The molecule has 0 unspecified atom stereocenters. The molecule has 0 saturated carbocycles. The highest BCUT2D eigenvalue weighted by Crippen LogP contribution is 2.38.